The van der Waals surface area contributed by atoms with Crippen molar-refractivity contribution in [3.63, 3.8) is 0 Å². The van der Waals surface area contributed by atoms with Gasteiger partial charge in [0.05, 0.1) is 0 Å². The van der Waals surface area contributed by atoms with Gasteiger partial charge in [0.25, 0.3) is 0 Å². The molecule has 2 aromatic carbocycles. The molecule has 0 heterocycles. The van der Waals surface area contributed by atoms with Crippen LogP contribution in [0.2, 0.25) is 0 Å². The zero-order chi connectivity index (χ0) is 21.3. The predicted octanol–water partition coefficient (Wildman–Crippen LogP) is 7.37. The smallest absolute Gasteiger partial charge is 0.387 e. The Hall–Kier alpha value is -2.30. The molecule has 160 valence electrons. The predicted molar refractivity (Wildman–Crippen MR) is 109 cm³/mol. The molecule has 0 unspecified atom stereocenters. The van der Waals surface area contributed by atoms with Crippen molar-refractivity contribution < 1.29 is 22.3 Å². The van der Waals surface area contributed by atoms with Crippen molar-refractivity contribution in [3.8, 4) is 5.75 Å². The highest BCUT2D eigenvalue weighted by Crippen LogP contribution is 2.54. The minimum absolute atomic E-state index is 0.104. The minimum Gasteiger partial charge on any atom is -0.435 e. The van der Waals surface area contributed by atoms with E-state index in [0.717, 1.165) is 42.9 Å². The Bertz CT molecular complexity index is 906. The molecule has 0 saturated heterocycles. The summed E-state index contributed by atoms with van der Waals surface area (Å²) in [5.74, 6) is 0.0130. The van der Waals surface area contributed by atoms with E-state index in [1.54, 1.807) is 12.1 Å². The molecule has 2 aliphatic rings. The molecule has 4 atom stereocenters. The van der Waals surface area contributed by atoms with E-state index in [0.29, 0.717) is 17.9 Å². The van der Waals surface area contributed by atoms with E-state index in [9.17, 15) is 17.6 Å². The molecule has 0 aromatic heterocycles. The van der Waals surface area contributed by atoms with Crippen LogP contribution in [0, 0.1) is 23.5 Å². The van der Waals surface area contributed by atoms with Gasteiger partial charge in [-0.3, -0.25) is 0 Å². The lowest BCUT2D eigenvalue weighted by molar-refractivity contribution is -0.0498. The molecule has 0 amide bonds. The highest BCUT2D eigenvalue weighted by molar-refractivity contribution is 5.39. The fourth-order valence-electron chi connectivity index (χ4n) is 5.52. The largest absolute Gasteiger partial charge is 0.435 e. The van der Waals surface area contributed by atoms with Gasteiger partial charge in [0.1, 0.15) is 17.4 Å². The second-order valence-corrected chi connectivity index (χ2v) is 8.32. The number of hydrogen-bond acceptors (Lipinski definition) is 1. The summed E-state index contributed by atoms with van der Waals surface area (Å²) in [5, 5.41) is 0. The SMILES string of the molecule is CCC=C[C@@H]1CC[C@H]2c3cc(F)cc(F)c3CC[C@@H]2[C@H]1c1ccc(OC(F)F)cc1. The molecular formula is C25H26F4O. The number of allylic oxidation sites excluding steroid dienone is 2. The maximum absolute atomic E-state index is 14.4. The average molecular weight is 418 g/mol. The standard InChI is InChI=1S/C25H26F4O/c1-2-3-4-15-7-10-19-21(12-11-20-22(19)13-17(26)14-23(20)27)24(15)16-5-8-18(9-6-16)30-25(28)29/h3-6,8-9,13-15,19,21,24-25H,2,7,10-12H2,1H3/t15-,19-,21+,24-/m1/s1. The number of hydrogen-bond donors (Lipinski definition) is 0. The van der Waals surface area contributed by atoms with E-state index in [-0.39, 0.29) is 23.5 Å². The minimum atomic E-state index is -2.85. The Morgan fingerprint density at radius 1 is 1.07 bits per heavy atom. The van der Waals surface area contributed by atoms with Gasteiger partial charge >= 0.3 is 6.61 Å². The molecule has 5 heteroatoms. The maximum atomic E-state index is 14.4. The number of halogens is 4. The van der Waals surface area contributed by atoms with Crippen molar-refractivity contribution >= 4 is 0 Å². The molecule has 2 aliphatic carbocycles. The average Bonchev–Trinajstić information content (AvgIpc) is 2.71. The van der Waals surface area contributed by atoms with Gasteiger partial charge in [-0.05, 0) is 90.7 Å². The number of benzene rings is 2. The van der Waals surface area contributed by atoms with Gasteiger partial charge in [0, 0.05) is 6.07 Å². The molecule has 1 nitrogen and oxygen atoms in total. The van der Waals surface area contributed by atoms with E-state index < -0.39 is 18.2 Å². The van der Waals surface area contributed by atoms with E-state index in [2.05, 4.69) is 23.8 Å². The topological polar surface area (TPSA) is 9.23 Å². The molecule has 1 fully saturated rings. The Morgan fingerprint density at radius 2 is 1.83 bits per heavy atom. The summed E-state index contributed by atoms with van der Waals surface area (Å²) >= 11 is 0. The van der Waals surface area contributed by atoms with Crippen molar-refractivity contribution in [1.29, 1.82) is 0 Å². The lowest BCUT2D eigenvalue weighted by Crippen LogP contribution is -2.35. The summed E-state index contributed by atoms with van der Waals surface area (Å²) in [4.78, 5) is 0. The van der Waals surface area contributed by atoms with E-state index in [4.69, 9.17) is 0 Å². The van der Waals surface area contributed by atoms with Crippen LogP contribution in [0.3, 0.4) is 0 Å². The first kappa shape index (κ1) is 21.0. The Labute approximate surface area is 174 Å². The summed E-state index contributed by atoms with van der Waals surface area (Å²) in [6.07, 6.45) is 8.61. The van der Waals surface area contributed by atoms with Crippen LogP contribution in [0.4, 0.5) is 17.6 Å². The van der Waals surface area contributed by atoms with Crippen molar-refractivity contribution in [2.24, 2.45) is 11.8 Å². The van der Waals surface area contributed by atoms with Crippen LogP contribution in [0.5, 0.6) is 5.75 Å². The van der Waals surface area contributed by atoms with Gasteiger partial charge in [-0.2, -0.15) is 8.78 Å². The number of ether oxygens (including phenoxy) is 1. The van der Waals surface area contributed by atoms with E-state index >= 15 is 0 Å². The zero-order valence-electron chi connectivity index (χ0n) is 17.0. The molecule has 1 saturated carbocycles. The lowest BCUT2D eigenvalue weighted by Gasteiger charge is -2.46. The van der Waals surface area contributed by atoms with Crippen LogP contribution in [-0.2, 0) is 6.42 Å². The summed E-state index contributed by atoms with van der Waals surface area (Å²) < 4.78 is 57.9. The molecule has 2 aromatic rings. The van der Waals surface area contributed by atoms with Gasteiger partial charge in [0.15, 0.2) is 0 Å². The third-order valence-corrected chi connectivity index (χ3v) is 6.68. The summed E-state index contributed by atoms with van der Waals surface area (Å²) in [7, 11) is 0. The number of fused-ring (bicyclic) bond motifs is 3. The first-order valence-electron chi connectivity index (χ1n) is 10.7. The van der Waals surface area contributed by atoms with Gasteiger partial charge in [0.2, 0.25) is 0 Å². The quantitative estimate of drug-likeness (QED) is 0.364. The van der Waals surface area contributed by atoms with Crippen molar-refractivity contribution in [2.45, 2.75) is 57.5 Å². The third kappa shape index (κ3) is 4.12. The molecule has 0 spiro atoms. The van der Waals surface area contributed by atoms with Crippen molar-refractivity contribution in [1.82, 2.24) is 0 Å². The van der Waals surface area contributed by atoms with E-state index in [1.807, 2.05) is 12.1 Å². The molecule has 0 N–H and O–H groups in total. The Kier molecular flexibility index (Phi) is 6.16. The highest BCUT2D eigenvalue weighted by Gasteiger charge is 2.43. The first-order valence-corrected chi connectivity index (χ1v) is 10.7. The van der Waals surface area contributed by atoms with Gasteiger partial charge in [-0.15, -0.1) is 0 Å². The first-order chi connectivity index (χ1) is 14.5. The molecule has 0 radical (unpaired) electrons. The number of rotatable bonds is 5. The van der Waals surface area contributed by atoms with Gasteiger partial charge < -0.3 is 4.74 Å². The van der Waals surface area contributed by atoms with Crippen LogP contribution in [0.25, 0.3) is 0 Å². The summed E-state index contributed by atoms with van der Waals surface area (Å²) in [6, 6.07) is 9.38. The fraction of sp³-hybridized carbons (Fsp3) is 0.440. The second kappa shape index (κ2) is 8.83. The van der Waals surface area contributed by atoms with Crippen LogP contribution in [0.1, 0.15) is 61.1 Å². The van der Waals surface area contributed by atoms with Crippen LogP contribution in [-0.4, -0.2) is 6.61 Å². The molecular weight excluding hydrogens is 392 g/mol. The zero-order valence-corrected chi connectivity index (χ0v) is 17.0. The molecule has 0 bridgehead atoms. The van der Waals surface area contributed by atoms with Gasteiger partial charge in [-0.25, -0.2) is 8.78 Å². The van der Waals surface area contributed by atoms with Gasteiger partial charge in [-0.1, -0.05) is 31.2 Å². The normalized spacial score (nSPS) is 25.9. The second-order valence-electron chi connectivity index (χ2n) is 8.32. The fourth-order valence-corrected chi connectivity index (χ4v) is 5.52. The van der Waals surface area contributed by atoms with Crippen molar-refractivity contribution in [3.05, 3.63) is 76.9 Å². The lowest BCUT2D eigenvalue weighted by atomic mass is 9.58. The Balaban J connectivity index is 1.70. The van der Waals surface area contributed by atoms with E-state index in [1.165, 1.54) is 6.07 Å². The number of alkyl halides is 2. The highest BCUT2D eigenvalue weighted by atomic mass is 19.3. The summed E-state index contributed by atoms with van der Waals surface area (Å²) in [5.41, 5.74) is 2.53. The maximum Gasteiger partial charge on any atom is 0.387 e. The molecule has 0 aliphatic heterocycles. The Morgan fingerprint density at radius 3 is 2.53 bits per heavy atom. The monoisotopic (exact) mass is 418 g/mol. The van der Waals surface area contributed by atoms with Crippen molar-refractivity contribution in [2.75, 3.05) is 0 Å². The van der Waals surface area contributed by atoms with Crippen LogP contribution >= 0.6 is 0 Å². The summed E-state index contributed by atoms with van der Waals surface area (Å²) in [6.45, 7) is -0.759. The molecule has 4 rings (SSSR count). The third-order valence-electron chi connectivity index (χ3n) is 6.68. The molecule has 30 heavy (non-hydrogen) atoms. The van der Waals surface area contributed by atoms with Crippen LogP contribution in [0.15, 0.2) is 48.6 Å². The van der Waals surface area contributed by atoms with Crippen LogP contribution < -0.4 is 4.74 Å².